The topological polar surface area (TPSA) is 41.1 Å². The number of amides is 1. The maximum atomic E-state index is 11.5. The van der Waals surface area contributed by atoms with Gasteiger partial charge in [0.05, 0.1) is 12.7 Å². The van der Waals surface area contributed by atoms with Gasteiger partial charge < -0.3 is 10.6 Å². The third kappa shape index (κ3) is 8.50. The van der Waals surface area contributed by atoms with E-state index in [4.69, 9.17) is 0 Å². The summed E-state index contributed by atoms with van der Waals surface area (Å²) >= 11 is 0. The van der Waals surface area contributed by atoms with Crippen molar-refractivity contribution < 1.29 is 9.28 Å². The summed E-state index contributed by atoms with van der Waals surface area (Å²) in [6.45, 7) is 9.15. The molecular formula is C23H44N3O+. The lowest BCUT2D eigenvalue weighted by Crippen LogP contribution is -2.62. The summed E-state index contributed by atoms with van der Waals surface area (Å²) in [5.41, 5.74) is 0. The molecule has 4 heteroatoms. The normalized spacial score (nSPS) is 22.9. The molecule has 156 valence electrons. The van der Waals surface area contributed by atoms with Gasteiger partial charge in [-0.25, -0.2) is 0 Å². The van der Waals surface area contributed by atoms with Crippen LogP contribution in [0.5, 0.6) is 0 Å². The van der Waals surface area contributed by atoms with Crippen LogP contribution in [0.1, 0.15) is 98.3 Å². The number of rotatable bonds is 15. The van der Waals surface area contributed by atoms with Gasteiger partial charge in [0, 0.05) is 20.3 Å². The Balaban J connectivity index is 2.15. The van der Waals surface area contributed by atoms with Gasteiger partial charge in [0.25, 0.3) is 0 Å². The van der Waals surface area contributed by atoms with Crippen LogP contribution in [-0.4, -0.2) is 29.3 Å². The van der Waals surface area contributed by atoms with Crippen molar-refractivity contribution in [3.63, 3.8) is 0 Å². The van der Waals surface area contributed by atoms with Gasteiger partial charge >= 0.3 is 0 Å². The van der Waals surface area contributed by atoms with E-state index in [9.17, 15) is 4.79 Å². The average molecular weight is 379 g/mol. The number of quaternary nitrogens is 1. The molecule has 0 bridgehead atoms. The summed E-state index contributed by atoms with van der Waals surface area (Å²) in [5.74, 6) is 0.0494. The Kier molecular flexibility index (Phi) is 12.2. The van der Waals surface area contributed by atoms with Crippen molar-refractivity contribution in [1.29, 1.82) is 0 Å². The first-order valence-electron chi connectivity index (χ1n) is 11.3. The Hall–Kier alpha value is -1.29. The van der Waals surface area contributed by atoms with E-state index in [1.165, 1.54) is 64.2 Å². The summed E-state index contributed by atoms with van der Waals surface area (Å²) in [7, 11) is 0. The van der Waals surface area contributed by atoms with Crippen molar-refractivity contribution in [3.8, 4) is 0 Å². The predicted octanol–water partition coefficient (Wildman–Crippen LogP) is 5.57. The van der Waals surface area contributed by atoms with Gasteiger partial charge in [0.1, 0.15) is 6.20 Å². The summed E-state index contributed by atoms with van der Waals surface area (Å²) in [5, 5.41) is 6.62. The van der Waals surface area contributed by atoms with Gasteiger partial charge in [-0.05, 0) is 32.6 Å². The van der Waals surface area contributed by atoms with E-state index < -0.39 is 0 Å². The summed E-state index contributed by atoms with van der Waals surface area (Å²) in [4.78, 5) is 11.5. The van der Waals surface area contributed by atoms with E-state index in [1.807, 2.05) is 0 Å². The zero-order chi connectivity index (χ0) is 20.0. The number of nitrogens with one attached hydrogen (secondary N) is 2. The Bertz CT molecular complexity index is 461. The second-order valence-electron chi connectivity index (χ2n) is 8.00. The zero-order valence-electron chi connectivity index (χ0n) is 18.3. The average Bonchev–Trinajstić information content (AvgIpc) is 3.06. The first-order chi connectivity index (χ1) is 13.1. The monoisotopic (exact) mass is 378 g/mol. The molecule has 1 aliphatic heterocycles. The highest BCUT2D eigenvalue weighted by Crippen LogP contribution is 2.26. The Labute approximate surface area is 168 Å². The number of carbonyl (C=O) groups is 1. The SMILES string of the molecule is CCC/C=C/CCCCCCCCCC1NC=C[N+]1(CC)C(C)NC(C)=O. The third-order valence-electron chi connectivity index (χ3n) is 5.87. The minimum atomic E-state index is 0.0494. The summed E-state index contributed by atoms with van der Waals surface area (Å²) in [6.07, 6.45) is 23.7. The van der Waals surface area contributed by atoms with E-state index in [1.54, 1.807) is 6.92 Å². The van der Waals surface area contributed by atoms with Gasteiger partial charge in [0.2, 0.25) is 5.91 Å². The molecule has 1 aliphatic rings. The van der Waals surface area contributed by atoms with Crippen molar-refractivity contribution in [2.45, 2.75) is 111 Å². The van der Waals surface area contributed by atoms with Gasteiger partial charge in [-0.3, -0.25) is 9.28 Å². The van der Waals surface area contributed by atoms with Crippen LogP contribution in [0.2, 0.25) is 0 Å². The number of nitrogens with zero attached hydrogens (tertiary/aromatic N) is 1. The quantitative estimate of drug-likeness (QED) is 0.222. The molecule has 0 fully saturated rings. The lowest BCUT2D eigenvalue weighted by Gasteiger charge is -2.41. The molecule has 1 rings (SSSR count). The highest BCUT2D eigenvalue weighted by molar-refractivity contribution is 5.72. The molecule has 3 unspecified atom stereocenters. The van der Waals surface area contributed by atoms with Crippen LogP contribution in [0.4, 0.5) is 0 Å². The van der Waals surface area contributed by atoms with Gasteiger partial charge in [-0.1, -0.05) is 57.6 Å². The smallest absolute Gasteiger partial charge is 0.221 e. The molecule has 4 nitrogen and oxygen atoms in total. The fraction of sp³-hybridized carbons (Fsp3) is 0.783. The Morgan fingerprint density at radius 3 is 2.33 bits per heavy atom. The standard InChI is InChI=1S/C23H43N3O/c1-5-7-8-9-10-11-12-13-14-15-16-17-18-23-24-19-20-26(23,6-2)21(3)25-22(4)27/h8-9,19-21,23-24H,5-7,10-18H2,1-4H3/p+1/b9-8+. The van der Waals surface area contributed by atoms with Crippen molar-refractivity contribution in [2.75, 3.05) is 6.54 Å². The molecule has 0 aromatic heterocycles. The van der Waals surface area contributed by atoms with E-state index in [2.05, 4.69) is 56.0 Å². The second-order valence-corrected chi connectivity index (χ2v) is 8.00. The first-order valence-corrected chi connectivity index (χ1v) is 11.3. The van der Waals surface area contributed by atoms with Gasteiger partial charge in [0.15, 0.2) is 12.3 Å². The Morgan fingerprint density at radius 2 is 1.70 bits per heavy atom. The fourth-order valence-electron chi connectivity index (χ4n) is 4.16. The van der Waals surface area contributed by atoms with Crippen LogP contribution < -0.4 is 10.6 Å². The minimum Gasteiger partial charge on any atom is -0.338 e. The van der Waals surface area contributed by atoms with E-state index >= 15 is 0 Å². The lowest BCUT2D eigenvalue weighted by atomic mass is 10.1. The number of carbonyl (C=O) groups excluding carboxylic acids is 1. The molecule has 27 heavy (non-hydrogen) atoms. The van der Waals surface area contributed by atoms with Crippen molar-refractivity contribution >= 4 is 5.91 Å². The van der Waals surface area contributed by atoms with Crippen molar-refractivity contribution in [1.82, 2.24) is 10.6 Å². The van der Waals surface area contributed by atoms with Crippen LogP contribution >= 0.6 is 0 Å². The summed E-state index contributed by atoms with van der Waals surface area (Å²) in [6, 6.07) is 0. The number of hydrogen-bond acceptors (Lipinski definition) is 2. The maximum Gasteiger partial charge on any atom is 0.221 e. The number of hydrogen-bond donors (Lipinski definition) is 2. The molecule has 3 atom stereocenters. The van der Waals surface area contributed by atoms with Crippen LogP contribution in [-0.2, 0) is 4.79 Å². The van der Waals surface area contributed by atoms with E-state index in [0.29, 0.717) is 6.17 Å². The molecule has 0 saturated heterocycles. The molecule has 0 radical (unpaired) electrons. The number of allylic oxidation sites excluding steroid dienone is 2. The molecule has 0 aromatic rings. The lowest BCUT2D eigenvalue weighted by molar-refractivity contribution is -0.923. The maximum absolute atomic E-state index is 11.5. The van der Waals surface area contributed by atoms with Crippen LogP contribution in [0.15, 0.2) is 24.6 Å². The molecule has 1 amide bonds. The molecule has 2 N–H and O–H groups in total. The molecule has 1 heterocycles. The van der Waals surface area contributed by atoms with Gasteiger partial charge in [-0.15, -0.1) is 0 Å². The van der Waals surface area contributed by atoms with Crippen molar-refractivity contribution in [2.24, 2.45) is 0 Å². The zero-order valence-corrected chi connectivity index (χ0v) is 18.3. The van der Waals surface area contributed by atoms with Crippen LogP contribution in [0, 0.1) is 0 Å². The van der Waals surface area contributed by atoms with Crippen LogP contribution in [0.3, 0.4) is 0 Å². The van der Waals surface area contributed by atoms with E-state index in [-0.39, 0.29) is 12.1 Å². The highest BCUT2D eigenvalue weighted by Gasteiger charge is 2.41. The third-order valence-corrected chi connectivity index (χ3v) is 5.87. The molecule has 0 saturated carbocycles. The first kappa shape index (κ1) is 23.7. The minimum absolute atomic E-state index is 0.0494. The molecule has 0 spiro atoms. The molecule has 0 aliphatic carbocycles. The van der Waals surface area contributed by atoms with Crippen molar-refractivity contribution in [3.05, 3.63) is 24.6 Å². The summed E-state index contributed by atoms with van der Waals surface area (Å²) < 4.78 is 0.811. The largest absolute Gasteiger partial charge is 0.338 e. The van der Waals surface area contributed by atoms with Crippen LogP contribution in [0.25, 0.3) is 0 Å². The number of unbranched alkanes of at least 4 members (excludes halogenated alkanes) is 8. The molecule has 0 aromatic carbocycles. The predicted molar refractivity (Wildman–Crippen MR) is 116 cm³/mol. The fourth-order valence-corrected chi connectivity index (χ4v) is 4.16. The van der Waals surface area contributed by atoms with Gasteiger partial charge in [-0.2, -0.15) is 0 Å². The van der Waals surface area contributed by atoms with E-state index in [0.717, 1.165) is 17.4 Å². The molecular weight excluding hydrogens is 334 g/mol. The Morgan fingerprint density at radius 1 is 1.07 bits per heavy atom. The highest BCUT2D eigenvalue weighted by atomic mass is 16.1. The second kappa shape index (κ2) is 13.8.